The molecule has 1 aromatic heterocycles. The second kappa shape index (κ2) is 10.4. The Labute approximate surface area is 201 Å². The number of halogens is 1. The topological polar surface area (TPSA) is 75.5 Å². The van der Waals surface area contributed by atoms with E-state index >= 15 is 0 Å². The van der Waals surface area contributed by atoms with Gasteiger partial charge >= 0.3 is 5.97 Å². The third-order valence-electron chi connectivity index (χ3n) is 5.38. The molecule has 0 aliphatic rings. The van der Waals surface area contributed by atoms with Gasteiger partial charge in [0.1, 0.15) is 17.1 Å². The zero-order valence-electron chi connectivity index (χ0n) is 18.2. The van der Waals surface area contributed by atoms with Crippen molar-refractivity contribution < 1.29 is 14.6 Å². The fourth-order valence-electron chi connectivity index (χ4n) is 3.73. The SMILES string of the molecule is COc1cccc2c(N(CCC(=O)O)CCc3ccccc3)nc(-c3cccc(Br)c3)nc12. The van der Waals surface area contributed by atoms with Crippen molar-refractivity contribution in [1.82, 2.24) is 9.97 Å². The van der Waals surface area contributed by atoms with E-state index in [-0.39, 0.29) is 6.42 Å². The summed E-state index contributed by atoms with van der Waals surface area (Å²) in [7, 11) is 1.62. The van der Waals surface area contributed by atoms with Crippen LogP contribution in [0.15, 0.2) is 77.3 Å². The van der Waals surface area contributed by atoms with Crippen LogP contribution in [-0.4, -0.2) is 41.2 Å². The number of methoxy groups -OCH3 is 1. The molecule has 3 aromatic carbocycles. The third kappa shape index (κ3) is 5.49. The molecule has 0 atom stereocenters. The van der Waals surface area contributed by atoms with Crippen LogP contribution in [0.2, 0.25) is 0 Å². The predicted octanol–water partition coefficient (Wildman–Crippen LogP) is 5.59. The Morgan fingerprint density at radius 3 is 2.52 bits per heavy atom. The van der Waals surface area contributed by atoms with Crippen LogP contribution in [0.4, 0.5) is 5.82 Å². The van der Waals surface area contributed by atoms with E-state index in [4.69, 9.17) is 14.7 Å². The molecule has 6 nitrogen and oxygen atoms in total. The number of anilines is 1. The number of aliphatic carboxylic acids is 1. The van der Waals surface area contributed by atoms with Crippen LogP contribution < -0.4 is 9.64 Å². The fourth-order valence-corrected chi connectivity index (χ4v) is 4.13. The number of fused-ring (bicyclic) bond motifs is 1. The first-order valence-electron chi connectivity index (χ1n) is 10.7. The molecule has 1 N–H and O–H groups in total. The van der Waals surface area contributed by atoms with Gasteiger partial charge in [0, 0.05) is 28.5 Å². The first-order valence-corrected chi connectivity index (χ1v) is 11.5. The van der Waals surface area contributed by atoms with Gasteiger partial charge in [-0.2, -0.15) is 0 Å². The number of benzene rings is 3. The number of carboxylic acids is 1. The van der Waals surface area contributed by atoms with Crippen molar-refractivity contribution in [2.75, 3.05) is 25.1 Å². The van der Waals surface area contributed by atoms with Crippen LogP contribution in [0, 0.1) is 0 Å². The summed E-state index contributed by atoms with van der Waals surface area (Å²) in [5.74, 6) is 1.06. The van der Waals surface area contributed by atoms with E-state index in [9.17, 15) is 9.90 Å². The Balaban J connectivity index is 1.83. The van der Waals surface area contributed by atoms with Gasteiger partial charge in [0.25, 0.3) is 0 Å². The Hall–Kier alpha value is -3.45. The summed E-state index contributed by atoms with van der Waals surface area (Å²) >= 11 is 3.52. The zero-order valence-corrected chi connectivity index (χ0v) is 19.8. The van der Waals surface area contributed by atoms with E-state index in [2.05, 4.69) is 28.1 Å². The largest absolute Gasteiger partial charge is 0.494 e. The molecule has 168 valence electrons. The van der Waals surface area contributed by atoms with Crippen molar-refractivity contribution in [1.29, 1.82) is 0 Å². The highest BCUT2D eigenvalue weighted by molar-refractivity contribution is 9.10. The first kappa shape index (κ1) is 22.7. The highest BCUT2D eigenvalue weighted by Crippen LogP contribution is 2.33. The molecule has 0 saturated carbocycles. The average Bonchev–Trinajstić information content (AvgIpc) is 2.83. The lowest BCUT2D eigenvalue weighted by atomic mass is 10.1. The lowest BCUT2D eigenvalue weighted by Crippen LogP contribution is -2.30. The number of aromatic nitrogens is 2. The number of nitrogens with zero attached hydrogens (tertiary/aromatic N) is 3. The van der Waals surface area contributed by atoms with Crippen molar-refractivity contribution in [3.05, 3.63) is 82.8 Å². The summed E-state index contributed by atoms with van der Waals surface area (Å²) in [6, 6.07) is 23.7. The van der Waals surface area contributed by atoms with Gasteiger partial charge in [0.2, 0.25) is 0 Å². The summed E-state index contributed by atoms with van der Waals surface area (Å²) in [6.07, 6.45) is 0.776. The molecule has 0 fully saturated rings. The molecule has 0 saturated heterocycles. The summed E-state index contributed by atoms with van der Waals surface area (Å²) in [6.45, 7) is 0.960. The van der Waals surface area contributed by atoms with Gasteiger partial charge in [0.15, 0.2) is 5.82 Å². The highest BCUT2D eigenvalue weighted by Gasteiger charge is 2.19. The molecule has 0 unspecified atom stereocenters. The van der Waals surface area contributed by atoms with E-state index in [0.29, 0.717) is 36.0 Å². The fraction of sp³-hybridized carbons (Fsp3) is 0.192. The molecule has 0 spiro atoms. The number of rotatable bonds is 9. The molecule has 1 heterocycles. The van der Waals surface area contributed by atoms with Gasteiger partial charge in [-0.25, -0.2) is 9.97 Å². The maximum Gasteiger partial charge on any atom is 0.305 e. The molecular formula is C26H24BrN3O3. The van der Waals surface area contributed by atoms with Gasteiger partial charge in [-0.05, 0) is 36.2 Å². The molecule has 0 aliphatic heterocycles. The molecule has 0 radical (unpaired) electrons. The minimum absolute atomic E-state index is 0.0104. The van der Waals surface area contributed by atoms with E-state index in [0.717, 1.165) is 21.8 Å². The Bertz CT molecular complexity index is 1260. The zero-order chi connectivity index (χ0) is 23.2. The van der Waals surface area contributed by atoms with Gasteiger partial charge in [-0.3, -0.25) is 4.79 Å². The van der Waals surface area contributed by atoms with Crippen molar-refractivity contribution in [3.63, 3.8) is 0 Å². The summed E-state index contributed by atoms with van der Waals surface area (Å²) in [5, 5.41) is 10.2. The van der Waals surface area contributed by atoms with Crippen LogP contribution in [0.3, 0.4) is 0 Å². The van der Waals surface area contributed by atoms with E-state index < -0.39 is 5.97 Å². The summed E-state index contributed by atoms with van der Waals surface area (Å²) in [5.41, 5.74) is 2.74. The van der Waals surface area contributed by atoms with Crippen molar-refractivity contribution in [2.24, 2.45) is 0 Å². The molecule has 4 rings (SSSR count). The Morgan fingerprint density at radius 2 is 1.79 bits per heavy atom. The van der Waals surface area contributed by atoms with Gasteiger partial charge in [-0.15, -0.1) is 0 Å². The van der Waals surface area contributed by atoms with E-state index in [1.807, 2.05) is 65.6 Å². The average molecular weight is 506 g/mol. The number of hydrogen-bond donors (Lipinski definition) is 1. The lowest BCUT2D eigenvalue weighted by Gasteiger charge is -2.25. The molecular weight excluding hydrogens is 482 g/mol. The quantitative estimate of drug-likeness (QED) is 0.319. The van der Waals surface area contributed by atoms with Gasteiger partial charge in [0.05, 0.1) is 13.5 Å². The number of carboxylic acid groups (broad SMARTS) is 1. The van der Waals surface area contributed by atoms with Crippen LogP contribution >= 0.6 is 15.9 Å². The van der Waals surface area contributed by atoms with Crippen LogP contribution in [0.1, 0.15) is 12.0 Å². The first-order chi connectivity index (χ1) is 16.0. The van der Waals surface area contributed by atoms with Crippen LogP contribution in [0.5, 0.6) is 5.75 Å². The van der Waals surface area contributed by atoms with Gasteiger partial charge in [-0.1, -0.05) is 64.5 Å². The number of carbonyl (C=O) groups is 1. The smallest absolute Gasteiger partial charge is 0.305 e. The maximum atomic E-state index is 11.4. The molecule has 0 amide bonds. The molecule has 33 heavy (non-hydrogen) atoms. The lowest BCUT2D eigenvalue weighted by molar-refractivity contribution is -0.136. The van der Waals surface area contributed by atoms with E-state index in [1.54, 1.807) is 7.11 Å². The number of para-hydroxylation sites is 1. The highest BCUT2D eigenvalue weighted by atomic mass is 79.9. The second-order valence-corrected chi connectivity index (χ2v) is 8.52. The Morgan fingerprint density at radius 1 is 1.00 bits per heavy atom. The standard InChI is InChI=1S/C26H24BrN3O3/c1-33-22-12-6-11-21-24(22)28-25(19-9-5-10-20(27)17-19)29-26(21)30(16-14-23(31)32)15-13-18-7-3-2-4-8-18/h2-12,17H,13-16H2,1H3,(H,31,32). The minimum atomic E-state index is -0.845. The second-order valence-electron chi connectivity index (χ2n) is 7.60. The van der Waals surface area contributed by atoms with Crippen molar-refractivity contribution >= 4 is 38.6 Å². The third-order valence-corrected chi connectivity index (χ3v) is 5.87. The molecule has 0 aliphatic carbocycles. The number of hydrogen-bond acceptors (Lipinski definition) is 5. The van der Waals surface area contributed by atoms with E-state index in [1.165, 1.54) is 5.56 Å². The Kier molecular flexibility index (Phi) is 7.19. The molecule has 4 aromatic rings. The molecule has 7 heteroatoms. The van der Waals surface area contributed by atoms with Crippen LogP contribution in [-0.2, 0) is 11.2 Å². The maximum absolute atomic E-state index is 11.4. The minimum Gasteiger partial charge on any atom is -0.494 e. The van der Waals surface area contributed by atoms with Crippen molar-refractivity contribution in [3.8, 4) is 17.1 Å². The number of ether oxygens (including phenoxy) is 1. The molecule has 0 bridgehead atoms. The normalized spacial score (nSPS) is 10.8. The van der Waals surface area contributed by atoms with Gasteiger partial charge < -0.3 is 14.7 Å². The summed E-state index contributed by atoms with van der Waals surface area (Å²) < 4.78 is 6.52. The summed E-state index contributed by atoms with van der Waals surface area (Å²) in [4.78, 5) is 23.2. The van der Waals surface area contributed by atoms with Crippen LogP contribution in [0.25, 0.3) is 22.3 Å². The van der Waals surface area contributed by atoms with Crippen molar-refractivity contribution in [2.45, 2.75) is 12.8 Å². The predicted molar refractivity (Wildman–Crippen MR) is 134 cm³/mol. The monoisotopic (exact) mass is 505 g/mol.